The first kappa shape index (κ1) is 20.3. The van der Waals surface area contributed by atoms with Gasteiger partial charge in [-0.2, -0.15) is 0 Å². The molecule has 0 bridgehead atoms. The molecule has 0 radical (unpaired) electrons. The number of rotatable bonds is 7. The molecule has 1 aliphatic heterocycles. The molecule has 7 heteroatoms. The molecule has 2 heterocycles. The number of carbonyl (C=O) groups is 1. The van der Waals surface area contributed by atoms with Crippen molar-refractivity contribution >= 4 is 17.5 Å². The van der Waals surface area contributed by atoms with Crippen molar-refractivity contribution in [2.75, 3.05) is 26.2 Å². The molecule has 0 unspecified atom stereocenters. The Balaban J connectivity index is 1.50. The van der Waals surface area contributed by atoms with E-state index in [0.29, 0.717) is 42.7 Å². The van der Waals surface area contributed by atoms with Gasteiger partial charge >= 0.3 is 0 Å². The molecule has 5 nitrogen and oxygen atoms in total. The van der Waals surface area contributed by atoms with Gasteiger partial charge in [0.1, 0.15) is 5.82 Å². The number of pyridine rings is 1. The third-order valence-corrected chi connectivity index (χ3v) is 5.76. The molecule has 0 N–H and O–H groups in total. The van der Waals surface area contributed by atoms with Gasteiger partial charge in [0.05, 0.1) is 12.6 Å². The Labute approximate surface area is 175 Å². The molecule has 1 amide bonds. The SMILES string of the molecule is O=C1CN(Cc2c(F)cccc2Cl)C[C@H](OCC2CC2)CN1Cc1cccnc1. The first-order chi connectivity index (χ1) is 14.1. The topological polar surface area (TPSA) is 45.7 Å². The van der Waals surface area contributed by atoms with E-state index < -0.39 is 0 Å². The molecule has 2 aromatic rings. The van der Waals surface area contributed by atoms with Gasteiger partial charge in [-0.15, -0.1) is 0 Å². The minimum atomic E-state index is -0.350. The predicted octanol–water partition coefficient (Wildman–Crippen LogP) is 3.51. The summed E-state index contributed by atoms with van der Waals surface area (Å²) in [5.74, 6) is 0.283. The van der Waals surface area contributed by atoms with Crippen LogP contribution < -0.4 is 0 Å². The van der Waals surface area contributed by atoms with Crippen LogP contribution >= 0.6 is 11.6 Å². The maximum absolute atomic E-state index is 14.3. The number of amides is 1. The van der Waals surface area contributed by atoms with Crippen molar-refractivity contribution in [3.63, 3.8) is 0 Å². The molecule has 4 rings (SSSR count). The summed E-state index contributed by atoms with van der Waals surface area (Å²) in [7, 11) is 0. The van der Waals surface area contributed by atoms with Crippen LogP contribution in [0.25, 0.3) is 0 Å². The molecule has 0 spiro atoms. The summed E-state index contributed by atoms with van der Waals surface area (Å²) in [6, 6.07) is 8.49. The largest absolute Gasteiger partial charge is 0.375 e. The van der Waals surface area contributed by atoms with E-state index in [1.807, 2.05) is 21.9 Å². The Morgan fingerprint density at radius 2 is 2.03 bits per heavy atom. The first-order valence-corrected chi connectivity index (χ1v) is 10.4. The second-order valence-corrected chi connectivity index (χ2v) is 8.31. The summed E-state index contributed by atoms with van der Waals surface area (Å²) in [5, 5.41) is 0.379. The lowest BCUT2D eigenvalue weighted by Gasteiger charge is -2.25. The van der Waals surface area contributed by atoms with Gasteiger partial charge in [-0.25, -0.2) is 4.39 Å². The highest BCUT2D eigenvalue weighted by molar-refractivity contribution is 6.31. The number of ether oxygens (including phenoxy) is 1. The lowest BCUT2D eigenvalue weighted by atomic mass is 10.2. The van der Waals surface area contributed by atoms with E-state index in [9.17, 15) is 9.18 Å². The summed E-state index contributed by atoms with van der Waals surface area (Å²) in [6.07, 6.45) is 5.79. The molecule has 1 aromatic carbocycles. The highest BCUT2D eigenvalue weighted by Crippen LogP contribution is 2.30. The number of halogens is 2. The van der Waals surface area contributed by atoms with E-state index in [2.05, 4.69) is 4.98 Å². The molecule has 1 atom stereocenters. The van der Waals surface area contributed by atoms with E-state index in [0.717, 1.165) is 5.56 Å². The minimum absolute atomic E-state index is 0.00108. The average Bonchev–Trinajstić information content (AvgIpc) is 3.54. The Morgan fingerprint density at radius 3 is 2.76 bits per heavy atom. The summed E-state index contributed by atoms with van der Waals surface area (Å²) in [4.78, 5) is 20.9. The molecule has 2 aliphatic rings. The van der Waals surface area contributed by atoms with Gasteiger partial charge in [-0.05, 0) is 42.5 Å². The number of benzene rings is 1. The lowest BCUT2D eigenvalue weighted by molar-refractivity contribution is -0.132. The van der Waals surface area contributed by atoms with Gasteiger partial charge in [0.25, 0.3) is 0 Å². The fraction of sp³-hybridized carbons (Fsp3) is 0.455. The van der Waals surface area contributed by atoms with Crippen LogP contribution in [0.4, 0.5) is 4.39 Å². The number of hydrogen-bond donors (Lipinski definition) is 0. The van der Waals surface area contributed by atoms with E-state index in [4.69, 9.17) is 16.3 Å². The lowest BCUT2D eigenvalue weighted by Crippen LogP contribution is -2.37. The van der Waals surface area contributed by atoms with E-state index in [1.165, 1.54) is 18.9 Å². The molecule has 1 aromatic heterocycles. The molecule has 1 saturated carbocycles. The maximum Gasteiger partial charge on any atom is 0.237 e. The standard InChI is InChI=1S/C22H25ClFN3O2/c23-20-4-1-5-21(24)19(20)13-26-11-18(29-15-16-6-7-16)12-27(22(28)14-26)10-17-3-2-8-25-9-17/h1-5,8-9,16,18H,6-7,10-15H2/t18-/m0/s1. The summed E-state index contributed by atoms with van der Waals surface area (Å²) < 4.78 is 20.4. The molecule has 154 valence electrons. The predicted molar refractivity (Wildman–Crippen MR) is 109 cm³/mol. The Hall–Kier alpha value is -2.02. The van der Waals surface area contributed by atoms with Crippen LogP contribution in [0.5, 0.6) is 0 Å². The zero-order valence-corrected chi connectivity index (χ0v) is 17.0. The van der Waals surface area contributed by atoms with Crippen LogP contribution in [0.3, 0.4) is 0 Å². The van der Waals surface area contributed by atoms with Gasteiger partial charge in [0, 0.05) is 55.8 Å². The zero-order valence-electron chi connectivity index (χ0n) is 16.3. The minimum Gasteiger partial charge on any atom is -0.375 e. The van der Waals surface area contributed by atoms with Crippen molar-refractivity contribution in [2.24, 2.45) is 5.92 Å². The number of nitrogens with zero attached hydrogens (tertiary/aromatic N) is 3. The van der Waals surface area contributed by atoms with E-state index in [1.54, 1.807) is 24.5 Å². The van der Waals surface area contributed by atoms with Gasteiger partial charge in [0.2, 0.25) is 5.91 Å². The van der Waals surface area contributed by atoms with E-state index in [-0.39, 0.29) is 30.9 Å². The van der Waals surface area contributed by atoms with Gasteiger partial charge in [-0.3, -0.25) is 14.7 Å². The molecule has 1 saturated heterocycles. The van der Waals surface area contributed by atoms with Crippen LogP contribution in [-0.4, -0.2) is 53.0 Å². The molecule has 2 fully saturated rings. The Morgan fingerprint density at radius 1 is 1.17 bits per heavy atom. The van der Waals surface area contributed by atoms with Crippen LogP contribution in [0.1, 0.15) is 24.0 Å². The maximum atomic E-state index is 14.3. The van der Waals surface area contributed by atoms with Crippen molar-refractivity contribution in [1.29, 1.82) is 0 Å². The smallest absolute Gasteiger partial charge is 0.237 e. The summed E-state index contributed by atoms with van der Waals surface area (Å²) in [5.41, 5.74) is 1.40. The molecular weight excluding hydrogens is 393 g/mol. The van der Waals surface area contributed by atoms with Crippen molar-refractivity contribution < 1.29 is 13.9 Å². The summed E-state index contributed by atoms with van der Waals surface area (Å²) in [6.45, 7) is 2.77. The zero-order chi connectivity index (χ0) is 20.2. The third-order valence-electron chi connectivity index (χ3n) is 5.40. The molecule has 29 heavy (non-hydrogen) atoms. The number of aromatic nitrogens is 1. The van der Waals surface area contributed by atoms with Crippen molar-refractivity contribution in [2.45, 2.75) is 32.0 Å². The molecular formula is C22H25ClFN3O2. The van der Waals surface area contributed by atoms with Gasteiger partial charge in [0.15, 0.2) is 0 Å². The van der Waals surface area contributed by atoms with Crippen molar-refractivity contribution in [3.8, 4) is 0 Å². The average molecular weight is 418 g/mol. The fourth-order valence-corrected chi connectivity index (χ4v) is 3.83. The monoisotopic (exact) mass is 417 g/mol. The summed E-state index contributed by atoms with van der Waals surface area (Å²) >= 11 is 6.21. The second-order valence-electron chi connectivity index (χ2n) is 7.90. The van der Waals surface area contributed by atoms with Crippen LogP contribution in [0, 0.1) is 11.7 Å². The third kappa shape index (κ3) is 5.53. The first-order valence-electron chi connectivity index (χ1n) is 10.0. The second kappa shape index (κ2) is 9.20. The van der Waals surface area contributed by atoms with E-state index >= 15 is 0 Å². The van der Waals surface area contributed by atoms with Crippen molar-refractivity contribution in [1.82, 2.24) is 14.8 Å². The van der Waals surface area contributed by atoms with Gasteiger partial charge < -0.3 is 9.64 Å². The van der Waals surface area contributed by atoms with Crippen molar-refractivity contribution in [3.05, 3.63) is 64.7 Å². The highest BCUT2D eigenvalue weighted by atomic mass is 35.5. The molecule has 1 aliphatic carbocycles. The number of carbonyl (C=O) groups excluding carboxylic acids is 1. The number of hydrogen-bond acceptors (Lipinski definition) is 4. The quantitative estimate of drug-likeness (QED) is 0.691. The van der Waals surface area contributed by atoms with Crippen LogP contribution in [0.15, 0.2) is 42.7 Å². The van der Waals surface area contributed by atoms with Gasteiger partial charge in [-0.1, -0.05) is 23.7 Å². The Kier molecular flexibility index (Phi) is 6.43. The van der Waals surface area contributed by atoms with Crippen LogP contribution in [-0.2, 0) is 22.6 Å². The van der Waals surface area contributed by atoms with Crippen LogP contribution in [0.2, 0.25) is 5.02 Å². The Bertz CT molecular complexity index is 827. The fourth-order valence-electron chi connectivity index (χ4n) is 3.60. The normalized spacial score (nSPS) is 20.7. The highest BCUT2D eigenvalue weighted by Gasteiger charge is 2.31.